The summed E-state index contributed by atoms with van der Waals surface area (Å²) in [5, 5.41) is 11.4. The summed E-state index contributed by atoms with van der Waals surface area (Å²) in [6, 6.07) is 0. The summed E-state index contributed by atoms with van der Waals surface area (Å²) in [6.45, 7) is 14.0. The van der Waals surface area contributed by atoms with Crippen LogP contribution < -0.4 is 15.4 Å². The third kappa shape index (κ3) is 7.67. The van der Waals surface area contributed by atoms with E-state index in [1.807, 2.05) is 0 Å². The van der Waals surface area contributed by atoms with Crippen LogP contribution in [0.5, 0.6) is 0 Å². The van der Waals surface area contributed by atoms with E-state index in [0.29, 0.717) is 4.90 Å². The van der Waals surface area contributed by atoms with E-state index in [-0.39, 0.29) is 24.4 Å². The van der Waals surface area contributed by atoms with Crippen molar-refractivity contribution in [1.29, 1.82) is 0 Å². The van der Waals surface area contributed by atoms with Gasteiger partial charge in [0.15, 0.2) is 5.82 Å². The number of nitrogens with one attached hydrogen (secondary N) is 1. The van der Waals surface area contributed by atoms with Crippen LogP contribution in [-0.4, -0.2) is 88.4 Å². The van der Waals surface area contributed by atoms with Gasteiger partial charge in [-0.05, 0) is 68.7 Å². The van der Waals surface area contributed by atoms with E-state index in [9.17, 15) is 28.8 Å². The molecule has 4 heterocycles. The number of hydrogen-bond donors (Lipinski definition) is 2. The van der Waals surface area contributed by atoms with E-state index in [1.54, 1.807) is 62.3 Å². The van der Waals surface area contributed by atoms with Gasteiger partial charge >= 0.3 is 26.1 Å². The predicted octanol–water partition coefficient (Wildman–Crippen LogP) is 3.62. The zero-order valence-corrected chi connectivity index (χ0v) is 27.8. The molecule has 3 amide bonds. The Hall–Kier alpha value is -3.08. The Morgan fingerprint density at radius 2 is 1.56 bits per heavy atom. The molecular formula is C27H41N4O13P. The quantitative estimate of drug-likeness (QED) is 0.343. The van der Waals surface area contributed by atoms with Crippen LogP contribution in [0.15, 0.2) is 4.79 Å². The number of amides is 3. The number of carbonyl (C=O) groups is 3. The Kier molecular flexibility index (Phi) is 9.23. The number of fused-ring (bicyclic) bond motifs is 3. The molecule has 45 heavy (non-hydrogen) atoms. The lowest BCUT2D eigenvalue weighted by Gasteiger charge is -2.51. The summed E-state index contributed by atoms with van der Waals surface area (Å²) in [7, 11) is -2.86. The molecule has 2 fully saturated rings. The van der Waals surface area contributed by atoms with E-state index in [1.165, 1.54) is 0 Å². The monoisotopic (exact) mass is 660 g/mol. The summed E-state index contributed by atoms with van der Waals surface area (Å²) in [4.78, 5) is 62.1. The Balaban J connectivity index is 1.85. The molecule has 2 saturated heterocycles. The Morgan fingerprint density at radius 1 is 1.00 bits per heavy atom. The molecule has 0 spiro atoms. The van der Waals surface area contributed by atoms with Crippen molar-refractivity contribution < 1.29 is 56.6 Å². The molecule has 3 aliphatic heterocycles. The third-order valence-electron chi connectivity index (χ3n) is 6.55. The van der Waals surface area contributed by atoms with Crippen molar-refractivity contribution in [2.75, 3.05) is 23.5 Å². The number of nitrogens with zero attached hydrogens (tertiary/aromatic N) is 3. The van der Waals surface area contributed by atoms with Gasteiger partial charge in [-0.2, -0.15) is 4.98 Å². The summed E-state index contributed by atoms with van der Waals surface area (Å²) < 4.78 is 50.8. The smallest absolute Gasteiger partial charge is 0.443 e. The summed E-state index contributed by atoms with van der Waals surface area (Å²) in [6.07, 6.45) is -8.54. The van der Waals surface area contributed by atoms with Crippen LogP contribution in [0.3, 0.4) is 0 Å². The van der Waals surface area contributed by atoms with Crippen molar-refractivity contribution >= 4 is 37.9 Å². The van der Waals surface area contributed by atoms with Gasteiger partial charge in [0.05, 0.1) is 18.3 Å². The van der Waals surface area contributed by atoms with Crippen LogP contribution in [0.2, 0.25) is 0 Å². The maximum atomic E-state index is 13.7. The van der Waals surface area contributed by atoms with Gasteiger partial charge in [-0.25, -0.2) is 23.8 Å². The molecule has 0 bridgehead atoms. The van der Waals surface area contributed by atoms with E-state index < -0.39 is 84.9 Å². The molecule has 1 aromatic heterocycles. The summed E-state index contributed by atoms with van der Waals surface area (Å²) in [5.41, 5.74) is -4.07. The predicted molar refractivity (Wildman–Crippen MR) is 156 cm³/mol. The number of aromatic amines is 1. The van der Waals surface area contributed by atoms with Crippen molar-refractivity contribution in [3.8, 4) is 0 Å². The Morgan fingerprint density at radius 3 is 2.07 bits per heavy atom. The van der Waals surface area contributed by atoms with Crippen LogP contribution >= 0.6 is 7.82 Å². The van der Waals surface area contributed by atoms with Crippen LogP contribution in [0, 0.1) is 5.92 Å². The molecule has 1 unspecified atom stereocenters. The van der Waals surface area contributed by atoms with Crippen molar-refractivity contribution in [3.05, 3.63) is 15.9 Å². The van der Waals surface area contributed by atoms with E-state index in [0.717, 1.165) is 12.0 Å². The zero-order valence-electron chi connectivity index (χ0n) is 26.9. The van der Waals surface area contributed by atoms with Crippen LogP contribution in [-0.2, 0) is 43.5 Å². The SMILES string of the molecule is COP1(=O)OC[C@H]2O[C@@H]3[C@@H](Cc4c(nc(N(C(=O)OC(C)(C)C)C(=O)OC(C)(C)C)[nH]c4=O)N3C(=O)OC(C)(C)C)[C@@H](O)[C@H]2O1. The minimum Gasteiger partial charge on any atom is -0.443 e. The molecule has 0 radical (unpaired) electrons. The number of H-pyrrole nitrogens is 1. The molecule has 1 aromatic rings. The number of anilines is 2. The van der Waals surface area contributed by atoms with Gasteiger partial charge in [0.25, 0.3) is 5.56 Å². The molecule has 18 heteroatoms. The number of imide groups is 1. The number of aromatic nitrogens is 2. The maximum absolute atomic E-state index is 13.7. The van der Waals surface area contributed by atoms with Gasteiger partial charge in [-0.3, -0.25) is 23.3 Å². The van der Waals surface area contributed by atoms with Crippen LogP contribution in [0.1, 0.15) is 67.9 Å². The van der Waals surface area contributed by atoms with Gasteiger partial charge in [-0.1, -0.05) is 0 Å². The first kappa shape index (κ1) is 34.8. The first-order valence-electron chi connectivity index (χ1n) is 14.3. The number of rotatable bonds is 2. The first-order chi connectivity index (χ1) is 20.5. The maximum Gasteiger partial charge on any atom is 0.475 e. The topological polar surface area (TPSA) is 205 Å². The summed E-state index contributed by atoms with van der Waals surface area (Å²) >= 11 is 0. The molecule has 4 rings (SSSR count). The fourth-order valence-corrected chi connectivity index (χ4v) is 5.99. The lowest BCUT2D eigenvalue weighted by Crippen LogP contribution is -2.66. The lowest BCUT2D eigenvalue weighted by molar-refractivity contribution is -0.219. The van der Waals surface area contributed by atoms with Crippen molar-refractivity contribution in [3.63, 3.8) is 0 Å². The second kappa shape index (κ2) is 11.9. The zero-order chi connectivity index (χ0) is 33.9. The first-order valence-corrected chi connectivity index (χ1v) is 15.7. The highest BCUT2D eigenvalue weighted by Crippen LogP contribution is 2.56. The van der Waals surface area contributed by atoms with Crippen molar-refractivity contribution in [2.45, 2.75) is 110 Å². The average Bonchev–Trinajstić information content (AvgIpc) is 2.85. The fourth-order valence-electron chi connectivity index (χ4n) is 4.85. The van der Waals surface area contributed by atoms with E-state index in [4.69, 9.17) is 32.5 Å². The number of carbonyl (C=O) groups excluding carboxylic acids is 3. The highest BCUT2D eigenvalue weighted by molar-refractivity contribution is 7.48. The normalized spacial score (nSPS) is 28.2. The molecular weight excluding hydrogens is 619 g/mol. The molecule has 2 N–H and O–H groups in total. The van der Waals surface area contributed by atoms with E-state index in [2.05, 4.69) is 9.97 Å². The largest absolute Gasteiger partial charge is 0.475 e. The molecule has 0 aliphatic carbocycles. The minimum atomic E-state index is -3.99. The molecule has 6 atom stereocenters. The molecule has 252 valence electrons. The Labute approximate surface area is 260 Å². The standard InChI is InChI=1S/C27H41N4O13P/c1-25(2,3)41-22(34)30-18-14(11-13-16(32)17-15(40-20(13)30)12-39-45(37,38-10)44-17)19(33)29-21(28-18)31(23(35)42-26(4,5)6)24(36)43-27(7,8)9/h13,15-17,20,32H,11-12H2,1-10H3,(H,28,29,33)/t13-,15+,16+,17-,20+,45?/m0/s1. The highest BCUT2D eigenvalue weighted by Gasteiger charge is 2.57. The molecule has 0 saturated carbocycles. The molecule has 3 aliphatic rings. The molecule has 0 aromatic carbocycles. The number of aliphatic hydroxyl groups excluding tert-OH is 1. The van der Waals surface area contributed by atoms with Gasteiger partial charge in [0.2, 0.25) is 5.95 Å². The number of hydrogen-bond acceptors (Lipinski definition) is 14. The van der Waals surface area contributed by atoms with Crippen molar-refractivity contribution in [1.82, 2.24) is 9.97 Å². The third-order valence-corrected chi connectivity index (χ3v) is 7.97. The average molecular weight is 661 g/mol. The number of phosphoric acid groups is 1. The lowest BCUT2D eigenvalue weighted by atomic mass is 9.82. The van der Waals surface area contributed by atoms with Crippen molar-refractivity contribution in [2.24, 2.45) is 5.92 Å². The minimum absolute atomic E-state index is 0.0951. The van der Waals surface area contributed by atoms with Gasteiger partial charge in [0, 0.05) is 13.0 Å². The molecule has 17 nitrogen and oxygen atoms in total. The second-order valence-electron chi connectivity index (χ2n) is 13.8. The number of phosphoric ester groups is 1. The summed E-state index contributed by atoms with van der Waals surface area (Å²) in [5.74, 6) is -1.91. The van der Waals surface area contributed by atoms with Crippen LogP contribution in [0.4, 0.5) is 26.1 Å². The second-order valence-corrected chi connectivity index (χ2v) is 15.5. The highest BCUT2D eigenvalue weighted by atomic mass is 31.2. The van der Waals surface area contributed by atoms with Crippen LogP contribution in [0.25, 0.3) is 0 Å². The fraction of sp³-hybridized carbons (Fsp3) is 0.741. The Bertz CT molecular complexity index is 1420. The van der Waals surface area contributed by atoms with Gasteiger partial charge < -0.3 is 24.1 Å². The van der Waals surface area contributed by atoms with Gasteiger partial charge in [-0.15, -0.1) is 4.90 Å². The van der Waals surface area contributed by atoms with E-state index >= 15 is 0 Å². The van der Waals surface area contributed by atoms with Gasteiger partial charge in [0.1, 0.15) is 35.2 Å². The number of aliphatic hydroxyl groups is 1. The number of ether oxygens (including phenoxy) is 4.